The molecule has 0 aliphatic carbocycles. The molecule has 25 heavy (non-hydrogen) atoms. The van der Waals surface area contributed by atoms with E-state index in [1.165, 1.54) is 6.92 Å². The molecule has 6 nitrogen and oxygen atoms in total. The van der Waals surface area contributed by atoms with Crippen molar-refractivity contribution in [2.24, 2.45) is 16.5 Å². The Hall–Kier alpha value is -2.77. The number of esters is 1. The topological polar surface area (TPSA) is 108 Å². The number of hydrogen-bond acceptors (Lipinski definition) is 5. The summed E-state index contributed by atoms with van der Waals surface area (Å²) < 4.78 is 31.9. The molecule has 1 aromatic rings. The van der Waals surface area contributed by atoms with Crippen molar-refractivity contribution in [2.75, 3.05) is 6.61 Å². The average Bonchev–Trinajstić information content (AvgIpc) is 2.42. The minimum absolute atomic E-state index is 0.0417. The van der Waals surface area contributed by atoms with Crippen LogP contribution in [0.15, 0.2) is 34.5 Å². The zero-order valence-electron chi connectivity index (χ0n) is 14.5. The van der Waals surface area contributed by atoms with Gasteiger partial charge in [-0.1, -0.05) is 6.07 Å². The predicted octanol–water partition coefficient (Wildman–Crippen LogP) is 2.08. The smallest absolute Gasteiger partial charge is 0.344 e. The number of Topliss-reactive ketones (excluding diaryl/α,β-unsaturated/α-hetero) is 1. The largest absolute Gasteiger partial charge is 0.454 e. The summed E-state index contributed by atoms with van der Waals surface area (Å²) in [4.78, 5) is 28.2. The predicted molar refractivity (Wildman–Crippen MR) is 89.9 cm³/mol. The first-order valence-electron chi connectivity index (χ1n) is 7.40. The van der Waals surface area contributed by atoms with Crippen LogP contribution in [0, 0.1) is 11.6 Å². The number of halogens is 2. The van der Waals surface area contributed by atoms with Crippen molar-refractivity contribution in [1.82, 2.24) is 0 Å². The first-order chi connectivity index (χ1) is 11.4. The van der Waals surface area contributed by atoms with Crippen LogP contribution in [0.4, 0.5) is 8.78 Å². The van der Waals surface area contributed by atoms with Crippen LogP contribution in [0.1, 0.15) is 38.1 Å². The van der Waals surface area contributed by atoms with Gasteiger partial charge in [0, 0.05) is 5.70 Å². The van der Waals surface area contributed by atoms with Crippen LogP contribution in [0.2, 0.25) is 0 Å². The fourth-order valence-corrected chi connectivity index (χ4v) is 1.92. The summed E-state index contributed by atoms with van der Waals surface area (Å²) in [5.74, 6) is -4.26. The molecule has 0 heterocycles. The molecular weight excluding hydrogens is 332 g/mol. The number of carbonyl (C=O) groups excluding carboxylic acids is 2. The third kappa shape index (κ3) is 5.66. The van der Waals surface area contributed by atoms with E-state index in [1.54, 1.807) is 20.8 Å². The second-order valence-corrected chi connectivity index (χ2v) is 6.32. The maximum Gasteiger partial charge on any atom is 0.344 e. The molecular formula is C17H21F2N3O3. The van der Waals surface area contributed by atoms with Gasteiger partial charge in [-0.05, 0) is 39.8 Å². The van der Waals surface area contributed by atoms with Gasteiger partial charge in [0.25, 0.3) is 0 Å². The van der Waals surface area contributed by atoms with Crippen molar-refractivity contribution in [2.45, 2.75) is 33.2 Å². The van der Waals surface area contributed by atoms with Crippen LogP contribution >= 0.6 is 0 Å². The first kappa shape index (κ1) is 20.3. The van der Waals surface area contributed by atoms with E-state index in [2.05, 4.69) is 4.99 Å². The molecule has 1 aromatic carbocycles. The number of amidine groups is 1. The molecule has 0 spiro atoms. The molecule has 136 valence electrons. The molecule has 0 aliphatic rings. The highest BCUT2D eigenvalue weighted by atomic mass is 19.1. The second-order valence-electron chi connectivity index (χ2n) is 6.32. The molecule has 4 N–H and O–H groups in total. The lowest BCUT2D eigenvalue weighted by Crippen LogP contribution is -2.30. The third-order valence-electron chi connectivity index (χ3n) is 2.89. The minimum atomic E-state index is -1.04. The molecule has 0 saturated heterocycles. The van der Waals surface area contributed by atoms with Gasteiger partial charge in [-0.25, -0.2) is 13.6 Å². The number of nitrogens with zero attached hydrogens (tertiary/aromatic N) is 1. The highest BCUT2D eigenvalue weighted by Crippen LogP contribution is 2.14. The molecule has 0 fully saturated rings. The molecule has 0 aliphatic heterocycles. The van der Waals surface area contributed by atoms with Gasteiger partial charge in [0.05, 0.1) is 11.1 Å². The number of carbonyl (C=O) groups is 2. The van der Waals surface area contributed by atoms with Crippen molar-refractivity contribution < 1.29 is 23.1 Å². The molecule has 0 atom stereocenters. The van der Waals surface area contributed by atoms with Crippen LogP contribution in [-0.4, -0.2) is 29.7 Å². The second kappa shape index (κ2) is 7.87. The summed E-state index contributed by atoms with van der Waals surface area (Å²) in [5, 5.41) is 0. The number of aliphatic imine (C=N–C) groups is 1. The fourth-order valence-electron chi connectivity index (χ4n) is 1.92. The zero-order valence-corrected chi connectivity index (χ0v) is 14.5. The van der Waals surface area contributed by atoms with E-state index in [4.69, 9.17) is 16.2 Å². The van der Waals surface area contributed by atoms with E-state index in [-0.39, 0.29) is 17.1 Å². The zero-order chi connectivity index (χ0) is 19.4. The number of hydrogen-bond donors (Lipinski definition) is 2. The van der Waals surface area contributed by atoms with E-state index >= 15 is 0 Å². The quantitative estimate of drug-likeness (QED) is 0.277. The highest BCUT2D eigenvalue weighted by molar-refractivity contribution is 6.19. The number of allylic oxidation sites excluding steroid dienone is 1. The van der Waals surface area contributed by atoms with Gasteiger partial charge in [-0.2, -0.15) is 0 Å². The van der Waals surface area contributed by atoms with Gasteiger partial charge in [0.2, 0.25) is 5.78 Å². The summed E-state index contributed by atoms with van der Waals surface area (Å²) in [6.45, 7) is 5.84. The Morgan fingerprint density at radius 2 is 1.68 bits per heavy atom. The summed E-state index contributed by atoms with van der Waals surface area (Å²) in [6.07, 6.45) is 0. The Morgan fingerprint density at radius 3 is 2.12 bits per heavy atom. The average molecular weight is 353 g/mol. The standard InChI is InChI=1S/C17H21F2N3O3/c1-9(20)13(15(21)22-17(2,3)4)16(24)25-8-12(23)14-10(18)6-5-7-11(14)19/h5-7H,8,20H2,1-4H3,(H2,21,22)/b13-9+. The highest BCUT2D eigenvalue weighted by Gasteiger charge is 2.23. The normalized spacial score (nSPS) is 13.3. The van der Waals surface area contributed by atoms with E-state index in [9.17, 15) is 18.4 Å². The lowest BCUT2D eigenvalue weighted by Gasteiger charge is -2.16. The molecule has 0 saturated carbocycles. The van der Waals surface area contributed by atoms with Gasteiger partial charge in [-0.15, -0.1) is 0 Å². The fraction of sp³-hybridized carbons (Fsp3) is 0.353. The van der Waals surface area contributed by atoms with E-state index in [0.29, 0.717) is 0 Å². The van der Waals surface area contributed by atoms with Crippen molar-refractivity contribution in [3.05, 3.63) is 46.7 Å². The van der Waals surface area contributed by atoms with Crippen LogP contribution in [0.25, 0.3) is 0 Å². The summed E-state index contributed by atoms with van der Waals surface area (Å²) in [7, 11) is 0. The van der Waals surface area contributed by atoms with Crippen LogP contribution < -0.4 is 11.5 Å². The lowest BCUT2D eigenvalue weighted by molar-refractivity contribution is -0.137. The van der Waals surface area contributed by atoms with Crippen molar-refractivity contribution in [3.63, 3.8) is 0 Å². The number of ketones is 1. The number of rotatable bonds is 5. The van der Waals surface area contributed by atoms with Crippen molar-refractivity contribution in [3.8, 4) is 0 Å². The SMILES string of the molecule is C/C(N)=C(\C(=O)OCC(=O)c1c(F)cccc1F)C(N)=NC(C)(C)C. The summed E-state index contributed by atoms with van der Waals surface area (Å²) >= 11 is 0. The van der Waals surface area contributed by atoms with E-state index in [1.807, 2.05) is 0 Å². The van der Waals surface area contributed by atoms with Crippen molar-refractivity contribution >= 4 is 17.6 Å². The Balaban J connectivity index is 2.96. The Kier molecular flexibility index (Phi) is 6.38. The van der Waals surface area contributed by atoms with Gasteiger partial charge in [0.1, 0.15) is 23.0 Å². The number of benzene rings is 1. The van der Waals surface area contributed by atoms with Gasteiger partial charge < -0.3 is 16.2 Å². The maximum absolute atomic E-state index is 13.6. The Morgan fingerprint density at radius 1 is 1.16 bits per heavy atom. The maximum atomic E-state index is 13.6. The van der Waals surface area contributed by atoms with Crippen LogP contribution in [0.5, 0.6) is 0 Å². The molecule has 1 rings (SSSR count). The van der Waals surface area contributed by atoms with Gasteiger partial charge >= 0.3 is 5.97 Å². The van der Waals surface area contributed by atoms with Gasteiger partial charge in [0.15, 0.2) is 6.61 Å². The van der Waals surface area contributed by atoms with Gasteiger partial charge in [-0.3, -0.25) is 9.79 Å². The van der Waals surface area contributed by atoms with E-state index in [0.717, 1.165) is 18.2 Å². The molecule has 8 heteroatoms. The molecule has 0 bridgehead atoms. The summed E-state index contributed by atoms with van der Waals surface area (Å²) in [6, 6.07) is 2.98. The van der Waals surface area contributed by atoms with Crippen LogP contribution in [0.3, 0.4) is 0 Å². The minimum Gasteiger partial charge on any atom is -0.454 e. The Labute approximate surface area is 144 Å². The first-order valence-corrected chi connectivity index (χ1v) is 7.40. The van der Waals surface area contributed by atoms with Crippen LogP contribution in [-0.2, 0) is 9.53 Å². The summed E-state index contributed by atoms with van der Waals surface area (Å²) in [5.41, 5.74) is 9.91. The molecule has 0 radical (unpaired) electrons. The monoisotopic (exact) mass is 353 g/mol. The Bertz CT molecular complexity index is 726. The van der Waals surface area contributed by atoms with E-state index < -0.39 is 41.1 Å². The van der Waals surface area contributed by atoms with Crippen molar-refractivity contribution in [1.29, 1.82) is 0 Å². The molecule has 0 aromatic heterocycles. The molecule has 0 amide bonds. The number of ether oxygens (including phenoxy) is 1. The third-order valence-corrected chi connectivity index (χ3v) is 2.89. The molecule has 0 unspecified atom stereocenters. The lowest BCUT2D eigenvalue weighted by atomic mass is 10.1. The number of nitrogens with two attached hydrogens (primary N) is 2.